The molecule has 0 radical (unpaired) electrons. The van der Waals surface area contributed by atoms with Crippen LogP contribution in [0, 0.1) is 11.3 Å². The Balaban J connectivity index is 1.44. The van der Waals surface area contributed by atoms with Crippen molar-refractivity contribution in [3.63, 3.8) is 0 Å². The van der Waals surface area contributed by atoms with Gasteiger partial charge in [0, 0.05) is 5.56 Å². The normalized spacial score (nSPS) is 12.4. The number of pyridine rings is 1. The highest BCUT2D eigenvalue weighted by atomic mass is 19.4. The van der Waals surface area contributed by atoms with Crippen molar-refractivity contribution in [1.82, 2.24) is 29.8 Å². The third-order valence-corrected chi connectivity index (χ3v) is 5.00. The summed E-state index contributed by atoms with van der Waals surface area (Å²) in [7, 11) is 0. The highest BCUT2D eigenvalue weighted by Gasteiger charge is 2.40. The summed E-state index contributed by atoms with van der Waals surface area (Å²) in [6.07, 6.45) is -0.0986. The van der Waals surface area contributed by atoms with Crippen LogP contribution in [0.5, 0.6) is 11.5 Å². The smallest absolute Gasteiger partial charge is 0.433 e. The molecule has 0 saturated carbocycles. The molecule has 0 bridgehead atoms. The van der Waals surface area contributed by atoms with Crippen LogP contribution < -0.4 is 14.8 Å². The van der Waals surface area contributed by atoms with Crippen molar-refractivity contribution in [1.29, 1.82) is 5.26 Å². The molecular weight excluding hydrogens is 469 g/mol. The maximum absolute atomic E-state index is 14.0. The minimum Gasteiger partial charge on any atom is -0.454 e. The van der Waals surface area contributed by atoms with E-state index in [1.165, 1.54) is 24.7 Å². The molecule has 14 heteroatoms. The lowest BCUT2D eigenvalue weighted by Gasteiger charge is -2.14. The predicted octanol–water partition coefficient (Wildman–Crippen LogP) is 2.78. The minimum atomic E-state index is -4.88. The van der Waals surface area contributed by atoms with Crippen LogP contribution in [0.25, 0.3) is 5.82 Å². The molecule has 0 aliphatic carbocycles. The Hall–Kier alpha value is -4.93. The van der Waals surface area contributed by atoms with Gasteiger partial charge in [0.15, 0.2) is 23.0 Å². The van der Waals surface area contributed by atoms with Crippen LogP contribution in [0.3, 0.4) is 0 Å². The number of carbonyl (C=O) groups excluding carboxylic acids is 1. The van der Waals surface area contributed by atoms with Gasteiger partial charge in [0.1, 0.15) is 11.6 Å². The number of carbonyl (C=O) groups is 1. The number of para-hydroxylation sites is 1. The first kappa shape index (κ1) is 21.9. The highest BCUT2D eigenvalue weighted by Crippen LogP contribution is 2.37. The van der Waals surface area contributed by atoms with Crippen molar-refractivity contribution in [3.05, 3.63) is 71.4 Å². The van der Waals surface area contributed by atoms with E-state index in [1.54, 1.807) is 18.2 Å². The number of alkyl halides is 3. The zero-order chi connectivity index (χ0) is 24.6. The molecule has 1 aliphatic rings. The lowest BCUT2D eigenvalue weighted by Crippen LogP contribution is -2.22. The number of ether oxygens (including phenoxy) is 2. The maximum atomic E-state index is 14.0. The van der Waals surface area contributed by atoms with Gasteiger partial charge in [-0.05, 0) is 12.1 Å². The van der Waals surface area contributed by atoms with Crippen molar-refractivity contribution < 1.29 is 27.4 Å². The molecule has 176 valence electrons. The van der Waals surface area contributed by atoms with E-state index in [1.807, 2.05) is 6.07 Å². The van der Waals surface area contributed by atoms with E-state index in [2.05, 4.69) is 25.6 Å². The number of rotatable bonds is 5. The zero-order valence-corrected chi connectivity index (χ0v) is 17.5. The lowest BCUT2D eigenvalue weighted by atomic mass is 10.1. The molecule has 11 nitrogen and oxygen atoms in total. The fourth-order valence-electron chi connectivity index (χ4n) is 3.54. The van der Waals surface area contributed by atoms with Gasteiger partial charge in [-0.25, -0.2) is 4.98 Å². The number of halogens is 3. The molecule has 4 aromatic rings. The van der Waals surface area contributed by atoms with Crippen molar-refractivity contribution in [2.24, 2.45) is 0 Å². The summed E-state index contributed by atoms with van der Waals surface area (Å²) in [6, 6.07) is 7.99. The van der Waals surface area contributed by atoms with Crippen LogP contribution in [0.15, 0.2) is 49.1 Å². The fraction of sp³-hybridized carbons (Fsp3) is 0.143. The first-order valence-corrected chi connectivity index (χ1v) is 9.94. The predicted molar refractivity (Wildman–Crippen MR) is 111 cm³/mol. The molecule has 0 fully saturated rings. The van der Waals surface area contributed by atoms with E-state index in [9.17, 15) is 23.2 Å². The average Bonchev–Trinajstić information content (AvgIpc) is 3.59. The van der Waals surface area contributed by atoms with Crippen molar-refractivity contribution in [2.45, 2.75) is 12.7 Å². The van der Waals surface area contributed by atoms with Gasteiger partial charge in [-0.15, -0.1) is 4.80 Å². The number of fused-ring (bicyclic) bond motifs is 1. The van der Waals surface area contributed by atoms with Gasteiger partial charge in [-0.1, -0.05) is 12.1 Å². The number of hydrogen-bond acceptors (Lipinski definition) is 8. The van der Waals surface area contributed by atoms with E-state index in [0.29, 0.717) is 21.7 Å². The number of hydrogen-bond donors (Lipinski definition) is 1. The highest BCUT2D eigenvalue weighted by molar-refractivity contribution is 6.05. The zero-order valence-electron chi connectivity index (χ0n) is 17.5. The molecule has 5 rings (SSSR count). The molecule has 0 spiro atoms. The Labute approximate surface area is 194 Å². The largest absolute Gasteiger partial charge is 0.454 e. The second-order valence-electron chi connectivity index (χ2n) is 7.19. The fourth-order valence-corrected chi connectivity index (χ4v) is 3.54. The molecule has 3 aromatic heterocycles. The topological polar surface area (TPSA) is 133 Å². The number of nitriles is 1. The standard InChI is InChI=1S/C21H13F3N8O3/c22-21(23,24)18-15(9-29-31(18)10-12-2-1-3-16-17(12)35-11-34-16)20(33)30-14-6-13(7-25)19(26-8-14)32-27-4-5-28-32/h1-6,8-9H,10-11H2,(H,30,33). The lowest BCUT2D eigenvalue weighted by molar-refractivity contribution is -0.144. The summed E-state index contributed by atoms with van der Waals surface area (Å²) in [4.78, 5) is 17.9. The quantitative estimate of drug-likeness (QED) is 0.459. The van der Waals surface area contributed by atoms with Gasteiger partial charge < -0.3 is 14.8 Å². The van der Waals surface area contributed by atoms with Crippen LogP contribution >= 0.6 is 0 Å². The van der Waals surface area contributed by atoms with E-state index >= 15 is 0 Å². The molecule has 0 atom stereocenters. The molecule has 35 heavy (non-hydrogen) atoms. The Morgan fingerprint density at radius 3 is 2.71 bits per heavy atom. The Morgan fingerprint density at radius 1 is 1.17 bits per heavy atom. The molecule has 1 aliphatic heterocycles. The molecule has 1 amide bonds. The molecule has 1 aromatic carbocycles. The second kappa shape index (κ2) is 8.45. The van der Waals surface area contributed by atoms with Crippen molar-refractivity contribution >= 4 is 11.6 Å². The Kier molecular flexibility index (Phi) is 5.28. The maximum Gasteiger partial charge on any atom is 0.433 e. The van der Waals surface area contributed by atoms with Gasteiger partial charge in [0.2, 0.25) is 6.79 Å². The summed E-state index contributed by atoms with van der Waals surface area (Å²) < 4.78 is 53.2. The summed E-state index contributed by atoms with van der Waals surface area (Å²) >= 11 is 0. The third-order valence-electron chi connectivity index (χ3n) is 5.00. The second-order valence-corrected chi connectivity index (χ2v) is 7.19. The molecule has 0 saturated heterocycles. The van der Waals surface area contributed by atoms with E-state index < -0.39 is 23.3 Å². The van der Waals surface area contributed by atoms with Gasteiger partial charge in [-0.3, -0.25) is 9.48 Å². The van der Waals surface area contributed by atoms with Gasteiger partial charge in [-0.2, -0.15) is 33.7 Å². The Morgan fingerprint density at radius 2 is 1.97 bits per heavy atom. The first-order chi connectivity index (χ1) is 16.8. The number of benzene rings is 1. The third kappa shape index (κ3) is 4.10. The summed E-state index contributed by atoms with van der Waals surface area (Å²) in [6.45, 7) is -0.348. The van der Waals surface area contributed by atoms with Crippen LogP contribution in [-0.4, -0.2) is 42.5 Å². The van der Waals surface area contributed by atoms with Gasteiger partial charge >= 0.3 is 6.18 Å². The van der Waals surface area contributed by atoms with Crippen LogP contribution in [0.4, 0.5) is 18.9 Å². The molecular formula is C21H13F3N8O3. The molecule has 0 unspecified atom stereocenters. The average molecular weight is 482 g/mol. The summed E-state index contributed by atoms with van der Waals surface area (Å²) in [5, 5.41) is 23.3. The van der Waals surface area contributed by atoms with Crippen LogP contribution in [0.2, 0.25) is 0 Å². The summed E-state index contributed by atoms with van der Waals surface area (Å²) in [5.74, 6) is -0.238. The van der Waals surface area contributed by atoms with E-state index in [0.717, 1.165) is 11.0 Å². The monoisotopic (exact) mass is 482 g/mol. The van der Waals surface area contributed by atoms with Crippen LogP contribution in [-0.2, 0) is 12.7 Å². The van der Waals surface area contributed by atoms with Crippen molar-refractivity contribution in [2.75, 3.05) is 12.1 Å². The number of nitrogens with zero attached hydrogens (tertiary/aromatic N) is 7. The summed E-state index contributed by atoms with van der Waals surface area (Å²) in [5.41, 5.74) is -1.51. The first-order valence-electron chi connectivity index (χ1n) is 9.94. The minimum absolute atomic E-state index is 0.00546. The SMILES string of the molecule is N#Cc1cc(NC(=O)c2cnn(Cc3cccc4c3OCO4)c2C(F)(F)F)cnc1-n1nccn1. The molecule has 1 N–H and O–H groups in total. The van der Waals surface area contributed by atoms with Gasteiger partial charge in [0.05, 0.1) is 42.6 Å². The van der Waals surface area contributed by atoms with Gasteiger partial charge in [0.25, 0.3) is 5.91 Å². The van der Waals surface area contributed by atoms with E-state index in [-0.39, 0.29) is 30.4 Å². The van der Waals surface area contributed by atoms with Crippen LogP contribution in [0.1, 0.15) is 27.2 Å². The number of amides is 1. The van der Waals surface area contributed by atoms with Crippen molar-refractivity contribution in [3.8, 4) is 23.4 Å². The molecule has 4 heterocycles. The number of nitrogens with one attached hydrogen (secondary N) is 1. The van der Waals surface area contributed by atoms with E-state index in [4.69, 9.17) is 9.47 Å². The number of aromatic nitrogens is 6. The number of anilines is 1. The Bertz CT molecular complexity index is 1460.